The highest BCUT2D eigenvalue weighted by Gasteiger charge is 2.61. The van der Waals surface area contributed by atoms with Crippen molar-refractivity contribution in [3.05, 3.63) is 42.0 Å². The summed E-state index contributed by atoms with van der Waals surface area (Å²) in [5.74, 6) is 0.176. The third-order valence-corrected chi connectivity index (χ3v) is 5.66. The molecule has 25 heavy (non-hydrogen) atoms. The van der Waals surface area contributed by atoms with E-state index in [-0.39, 0.29) is 35.6 Å². The number of aryl methyl sites for hydroxylation is 1. The number of hydrogen-bond acceptors (Lipinski definition) is 5. The highest BCUT2D eigenvalue weighted by molar-refractivity contribution is 5.96. The van der Waals surface area contributed by atoms with E-state index in [0.717, 1.165) is 18.4 Å². The van der Waals surface area contributed by atoms with Gasteiger partial charge in [0.05, 0.1) is 5.60 Å². The minimum absolute atomic E-state index is 0.0543. The van der Waals surface area contributed by atoms with Crippen molar-refractivity contribution in [1.29, 1.82) is 0 Å². The minimum Gasteiger partial charge on any atom is -0.455 e. The molecule has 2 saturated heterocycles. The number of carbonyl (C=O) groups excluding carboxylic acids is 2. The van der Waals surface area contributed by atoms with Crippen LogP contribution >= 0.6 is 0 Å². The van der Waals surface area contributed by atoms with E-state index in [0.29, 0.717) is 24.2 Å². The van der Waals surface area contributed by atoms with E-state index in [1.807, 2.05) is 19.9 Å². The topological polar surface area (TPSA) is 73.7 Å². The molecule has 1 aliphatic carbocycles. The molecule has 1 aromatic rings. The number of allylic oxidation sites excluding steroid dienone is 2. The lowest BCUT2D eigenvalue weighted by Crippen LogP contribution is -2.29. The number of hydrogen-bond donors (Lipinski definition) is 0. The summed E-state index contributed by atoms with van der Waals surface area (Å²) in [6, 6.07) is 0. The number of aromatic nitrogens is 2. The molecule has 0 N–H and O–H groups in total. The summed E-state index contributed by atoms with van der Waals surface area (Å²) in [5.41, 5.74) is 0.949. The van der Waals surface area contributed by atoms with Crippen molar-refractivity contribution in [2.45, 2.75) is 57.3 Å². The molecule has 0 saturated carbocycles. The quantitative estimate of drug-likeness (QED) is 0.445. The molecule has 2 fully saturated rings. The Morgan fingerprint density at radius 3 is 3.00 bits per heavy atom. The van der Waals surface area contributed by atoms with Crippen LogP contribution in [-0.4, -0.2) is 39.2 Å². The van der Waals surface area contributed by atoms with Gasteiger partial charge >= 0.3 is 5.97 Å². The van der Waals surface area contributed by atoms with Gasteiger partial charge in [0.1, 0.15) is 18.0 Å². The first-order valence-electron chi connectivity index (χ1n) is 8.72. The van der Waals surface area contributed by atoms with E-state index in [2.05, 4.69) is 11.6 Å². The first-order valence-corrected chi connectivity index (χ1v) is 8.72. The third kappa shape index (κ3) is 2.65. The fraction of sp³-hybridized carbons (Fsp3) is 0.526. The normalized spacial score (nSPS) is 36.7. The van der Waals surface area contributed by atoms with Gasteiger partial charge in [-0.05, 0) is 39.5 Å². The second-order valence-electron chi connectivity index (χ2n) is 7.31. The van der Waals surface area contributed by atoms with E-state index >= 15 is 0 Å². The van der Waals surface area contributed by atoms with E-state index in [1.54, 1.807) is 17.0 Å². The first-order chi connectivity index (χ1) is 11.9. The monoisotopic (exact) mass is 342 g/mol. The molecule has 0 spiro atoms. The van der Waals surface area contributed by atoms with Crippen molar-refractivity contribution >= 4 is 11.9 Å². The number of ether oxygens (including phenoxy) is 2. The number of imidazole rings is 1. The van der Waals surface area contributed by atoms with Crippen LogP contribution in [0.3, 0.4) is 0 Å². The zero-order valence-corrected chi connectivity index (χ0v) is 14.5. The van der Waals surface area contributed by atoms with E-state index in [1.165, 1.54) is 0 Å². The standard InChI is InChI=1S/C19H22N2O4/c1-11-14-7-6-13(17(22)21-10-9-20-12(21)2)5-4-8-19(3)16(25-19)15(14)24-18(11)23/h5,9-10,14-16H,1,4,6-8H2,2-3H3/b13-5+/t14-,15-,16-,19+/m0/s1. The lowest BCUT2D eigenvalue weighted by atomic mass is 9.83. The summed E-state index contributed by atoms with van der Waals surface area (Å²) < 4.78 is 13.0. The molecular weight excluding hydrogens is 320 g/mol. The van der Waals surface area contributed by atoms with Crippen molar-refractivity contribution in [2.75, 3.05) is 0 Å². The molecule has 4 rings (SSSR count). The molecule has 0 radical (unpaired) electrons. The number of epoxide rings is 1. The molecule has 0 amide bonds. The van der Waals surface area contributed by atoms with E-state index in [9.17, 15) is 9.59 Å². The fourth-order valence-electron chi connectivity index (χ4n) is 4.00. The summed E-state index contributed by atoms with van der Waals surface area (Å²) in [6.07, 6.45) is 7.75. The van der Waals surface area contributed by atoms with E-state index < -0.39 is 0 Å². The average molecular weight is 342 g/mol. The van der Waals surface area contributed by atoms with Gasteiger partial charge < -0.3 is 9.47 Å². The fourth-order valence-corrected chi connectivity index (χ4v) is 4.00. The largest absolute Gasteiger partial charge is 0.455 e. The van der Waals surface area contributed by atoms with Crippen LogP contribution in [0.4, 0.5) is 0 Å². The Morgan fingerprint density at radius 2 is 2.28 bits per heavy atom. The minimum atomic E-state index is -0.339. The Kier molecular flexibility index (Phi) is 3.68. The molecule has 0 aromatic carbocycles. The maximum atomic E-state index is 12.9. The maximum absolute atomic E-state index is 12.9. The zero-order valence-electron chi connectivity index (χ0n) is 14.5. The van der Waals surface area contributed by atoms with Crippen LogP contribution in [0.1, 0.15) is 43.2 Å². The van der Waals surface area contributed by atoms with Crippen LogP contribution in [0.25, 0.3) is 0 Å². The van der Waals surface area contributed by atoms with Gasteiger partial charge in [-0.3, -0.25) is 9.36 Å². The van der Waals surface area contributed by atoms with Crippen LogP contribution in [0, 0.1) is 12.8 Å². The van der Waals surface area contributed by atoms with Crippen LogP contribution in [0.5, 0.6) is 0 Å². The van der Waals surface area contributed by atoms with Crippen molar-refractivity contribution in [1.82, 2.24) is 9.55 Å². The Hall–Kier alpha value is -2.21. The summed E-state index contributed by atoms with van der Waals surface area (Å²) in [5, 5.41) is 0. The number of nitrogens with zero attached hydrogens (tertiary/aromatic N) is 2. The summed E-state index contributed by atoms with van der Waals surface area (Å²) in [7, 11) is 0. The van der Waals surface area contributed by atoms with Crippen LogP contribution in [0.15, 0.2) is 36.2 Å². The van der Waals surface area contributed by atoms with Gasteiger partial charge in [0.2, 0.25) is 0 Å². The molecule has 4 atom stereocenters. The average Bonchev–Trinajstić information content (AvgIpc) is 2.90. The molecule has 3 aliphatic rings. The van der Waals surface area contributed by atoms with Gasteiger partial charge in [-0.2, -0.15) is 0 Å². The Bertz CT molecular complexity index is 793. The molecule has 3 heterocycles. The highest BCUT2D eigenvalue weighted by atomic mass is 16.6. The van der Waals surface area contributed by atoms with Crippen LogP contribution in [-0.2, 0) is 14.3 Å². The van der Waals surface area contributed by atoms with Crippen LogP contribution in [0.2, 0.25) is 0 Å². The lowest BCUT2D eigenvalue weighted by Gasteiger charge is -2.19. The zero-order chi connectivity index (χ0) is 17.8. The molecule has 0 bridgehead atoms. The molecule has 6 heteroatoms. The molecule has 2 aliphatic heterocycles. The smallest absolute Gasteiger partial charge is 0.334 e. The van der Waals surface area contributed by atoms with Gasteiger partial charge in [-0.15, -0.1) is 0 Å². The molecule has 132 valence electrons. The molecule has 1 aromatic heterocycles. The first kappa shape index (κ1) is 16.3. The Balaban J connectivity index is 1.62. The van der Waals surface area contributed by atoms with Gasteiger partial charge in [0, 0.05) is 29.5 Å². The molecule has 0 unspecified atom stereocenters. The second kappa shape index (κ2) is 5.66. The van der Waals surface area contributed by atoms with E-state index in [4.69, 9.17) is 9.47 Å². The summed E-state index contributed by atoms with van der Waals surface area (Å²) >= 11 is 0. The van der Waals surface area contributed by atoms with Crippen molar-refractivity contribution in [3.63, 3.8) is 0 Å². The van der Waals surface area contributed by atoms with Crippen molar-refractivity contribution < 1.29 is 19.1 Å². The Morgan fingerprint density at radius 1 is 1.48 bits per heavy atom. The predicted octanol–water partition coefficient (Wildman–Crippen LogP) is 2.59. The number of fused-ring (bicyclic) bond motifs is 3. The molecule has 6 nitrogen and oxygen atoms in total. The molecular formula is C19H22N2O4. The highest BCUT2D eigenvalue weighted by Crippen LogP contribution is 2.49. The van der Waals surface area contributed by atoms with Crippen LogP contribution < -0.4 is 0 Å². The Labute approximate surface area is 146 Å². The number of carbonyl (C=O) groups is 2. The third-order valence-electron chi connectivity index (χ3n) is 5.66. The summed E-state index contributed by atoms with van der Waals surface area (Å²) in [6.45, 7) is 7.76. The summed E-state index contributed by atoms with van der Waals surface area (Å²) in [4.78, 5) is 29.0. The van der Waals surface area contributed by atoms with Gasteiger partial charge in [-0.1, -0.05) is 12.7 Å². The second-order valence-corrected chi connectivity index (χ2v) is 7.31. The van der Waals surface area contributed by atoms with Gasteiger partial charge in [0.15, 0.2) is 0 Å². The van der Waals surface area contributed by atoms with Gasteiger partial charge in [0.25, 0.3) is 5.91 Å². The lowest BCUT2D eigenvalue weighted by molar-refractivity contribution is -0.140. The van der Waals surface area contributed by atoms with Crippen molar-refractivity contribution in [3.8, 4) is 0 Å². The van der Waals surface area contributed by atoms with Crippen molar-refractivity contribution in [2.24, 2.45) is 5.92 Å². The predicted molar refractivity (Wildman–Crippen MR) is 89.9 cm³/mol. The number of rotatable bonds is 1. The van der Waals surface area contributed by atoms with Gasteiger partial charge in [-0.25, -0.2) is 9.78 Å². The SMILES string of the molecule is C=C1C(=O)O[C@H]2[C@H]1CC/C(C(=O)n1ccnc1C)=C\CC[C@@]1(C)O[C@@H]21. The number of esters is 1. The maximum Gasteiger partial charge on any atom is 0.334 e.